The van der Waals surface area contributed by atoms with Gasteiger partial charge in [-0.3, -0.25) is 4.90 Å². The third-order valence-electron chi connectivity index (χ3n) is 6.65. The van der Waals surface area contributed by atoms with Crippen LogP contribution < -0.4 is 0 Å². The van der Waals surface area contributed by atoms with E-state index in [1.165, 1.54) is 37.1 Å². The van der Waals surface area contributed by atoms with Gasteiger partial charge >= 0.3 is 0 Å². The summed E-state index contributed by atoms with van der Waals surface area (Å²) < 4.78 is 20.2. The van der Waals surface area contributed by atoms with E-state index in [0.717, 1.165) is 41.3 Å². The summed E-state index contributed by atoms with van der Waals surface area (Å²) in [6.07, 6.45) is 4.95. The summed E-state index contributed by atoms with van der Waals surface area (Å²) in [7, 11) is 0. The van der Waals surface area contributed by atoms with Crippen LogP contribution in [-0.2, 0) is 6.42 Å². The highest BCUT2D eigenvalue weighted by Gasteiger charge is 2.49. The van der Waals surface area contributed by atoms with Gasteiger partial charge in [-0.05, 0) is 49.7 Å². The quantitative estimate of drug-likeness (QED) is 0.762. The normalized spacial score (nSPS) is 35.3. The Morgan fingerprint density at radius 1 is 1.30 bits per heavy atom. The number of benzene rings is 1. The van der Waals surface area contributed by atoms with Gasteiger partial charge < -0.3 is 4.42 Å². The standard InChI is InChI=1S/C20H24FNO/c1-3-13-7-12-8-16-19(13)22(10-12)5-4-14-15-6-11(2)17(21)9-18(15)23-20(14)16/h6,9,12-13,16,19H,3-5,7-8,10H2,1-2H3. The van der Waals surface area contributed by atoms with Crippen molar-refractivity contribution in [3.8, 4) is 0 Å². The number of hydrogen-bond donors (Lipinski definition) is 0. The molecule has 0 amide bonds. The van der Waals surface area contributed by atoms with Crippen LogP contribution in [0.5, 0.6) is 0 Å². The SMILES string of the molecule is CCC1CC2CC3c4oc5cc(F)c(C)cc5c4CCN(C2)C13. The van der Waals surface area contributed by atoms with Gasteiger partial charge in [-0.25, -0.2) is 4.39 Å². The van der Waals surface area contributed by atoms with Crippen LogP contribution in [0.3, 0.4) is 0 Å². The van der Waals surface area contributed by atoms with Crippen molar-refractivity contribution in [3.63, 3.8) is 0 Å². The van der Waals surface area contributed by atoms with Crippen LogP contribution in [0.15, 0.2) is 16.5 Å². The lowest BCUT2D eigenvalue weighted by atomic mass is 9.65. The van der Waals surface area contributed by atoms with E-state index in [9.17, 15) is 4.39 Å². The first-order valence-corrected chi connectivity index (χ1v) is 9.11. The van der Waals surface area contributed by atoms with Crippen molar-refractivity contribution in [1.82, 2.24) is 4.90 Å². The maximum atomic E-state index is 13.9. The molecule has 0 radical (unpaired) electrons. The van der Waals surface area contributed by atoms with E-state index in [4.69, 9.17) is 4.42 Å². The number of hydrogen-bond acceptors (Lipinski definition) is 2. The first-order chi connectivity index (χ1) is 11.2. The molecule has 2 nitrogen and oxygen atoms in total. The van der Waals surface area contributed by atoms with Gasteiger partial charge in [-0.2, -0.15) is 0 Å². The first kappa shape index (κ1) is 14.0. The minimum atomic E-state index is -0.153. The number of rotatable bonds is 1. The summed E-state index contributed by atoms with van der Waals surface area (Å²) in [4.78, 5) is 2.73. The molecule has 3 heteroatoms. The number of fused-ring (bicyclic) bond motifs is 4. The van der Waals surface area contributed by atoms with E-state index in [2.05, 4.69) is 11.8 Å². The van der Waals surface area contributed by atoms with Crippen molar-refractivity contribution in [1.29, 1.82) is 0 Å². The maximum Gasteiger partial charge on any atom is 0.137 e. The zero-order valence-corrected chi connectivity index (χ0v) is 13.9. The Labute approximate surface area is 136 Å². The molecule has 1 aromatic heterocycles. The van der Waals surface area contributed by atoms with Gasteiger partial charge in [0.2, 0.25) is 0 Å². The second-order valence-corrected chi connectivity index (χ2v) is 7.89. The predicted molar refractivity (Wildman–Crippen MR) is 89.2 cm³/mol. The fourth-order valence-electron chi connectivity index (χ4n) is 5.67. The molecule has 23 heavy (non-hydrogen) atoms. The predicted octanol–water partition coefficient (Wildman–Crippen LogP) is 4.64. The maximum absolute atomic E-state index is 13.9. The molecular weight excluding hydrogens is 289 g/mol. The third-order valence-corrected chi connectivity index (χ3v) is 6.65. The summed E-state index contributed by atoms with van der Waals surface area (Å²) >= 11 is 0. The molecular formula is C20H24FNO. The number of furan rings is 1. The van der Waals surface area contributed by atoms with E-state index in [0.29, 0.717) is 12.0 Å². The van der Waals surface area contributed by atoms with Crippen molar-refractivity contribution in [2.24, 2.45) is 11.8 Å². The molecule has 0 N–H and O–H groups in total. The van der Waals surface area contributed by atoms with Crippen LogP contribution in [0.25, 0.3) is 11.0 Å². The van der Waals surface area contributed by atoms with Crippen LogP contribution >= 0.6 is 0 Å². The largest absolute Gasteiger partial charge is 0.460 e. The van der Waals surface area contributed by atoms with Gasteiger partial charge in [0.15, 0.2) is 0 Å². The van der Waals surface area contributed by atoms with Gasteiger partial charge in [0.1, 0.15) is 17.2 Å². The molecule has 4 heterocycles. The van der Waals surface area contributed by atoms with E-state index >= 15 is 0 Å². The van der Waals surface area contributed by atoms with E-state index < -0.39 is 0 Å². The molecule has 3 aliphatic heterocycles. The van der Waals surface area contributed by atoms with E-state index in [1.807, 2.05) is 13.0 Å². The van der Waals surface area contributed by atoms with Crippen LogP contribution in [0.4, 0.5) is 4.39 Å². The summed E-state index contributed by atoms with van der Waals surface area (Å²) in [5.41, 5.74) is 2.83. The summed E-state index contributed by atoms with van der Waals surface area (Å²) in [6.45, 7) is 6.58. The fraction of sp³-hybridized carbons (Fsp3) is 0.600. The molecule has 2 aromatic rings. The molecule has 5 atom stereocenters. The van der Waals surface area contributed by atoms with Crippen LogP contribution in [0, 0.1) is 24.6 Å². The molecule has 4 bridgehead atoms. The summed E-state index contributed by atoms with van der Waals surface area (Å²) in [5.74, 6) is 3.15. The Hall–Kier alpha value is -1.35. The molecule has 122 valence electrons. The average Bonchev–Trinajstić information content (AvgIpc) is 2.85. The summed E-state index contributed by atoms with van der Waals surface area (Å²) in [6, 6.07) is 4.22. The molecule has 1 aromatic carbocycles. The Balaban J connectivity index is 1.69. The fourth-order valence-corrected chi connectivity index (χ4v) is 5.67. The van der Waals surface area contributed by atoms with Crippen LogP contribution in [0.1, 0.15) is 49.0 Å². The van der Waals surface area contributed by atoms with Gasteiger partial charge in [0.25, 0.3) is 0 Å². The van der Waals surface area contributed by atoms with E-state index in [-0.39, 0.29) is 5.82 Å². The van der Waals surface area contributed by atoms with Crippen LogP contribution in [0.2, 0.25) is 0 Å². The zero-order chi connectivity index (χ0) is 15.7. The van der Waals surface area contributed by atoms with Gasteiger partial charge in [0, 0.05) is 42.1 Å². The number of halogens is 1. The Kier molecular flexibility index (Phi) is 2.94. The molecule has 3 fully saturated rings. The van der Waals surface area contributed by atoms with Crippen molar-refractivity contribution >= 4 is 11.0 Å². The van der Waals surface area contributed by atoms with Gasteiger partial charge in [-0.1, -0.05) is 13.3 Å². The van der Waals surface area contributed by atoms with Crippen molar-refractivity contribution in [2.45, 2.75) is 51.5 Å². The number of aryl methyl sites for hydroxylation is 1. The molecule has 4 aliphatic rings. The van der Waals surface area contributed by atoms with Crippen molar-refractivity contribution < 1.29 is 8.81 Å². The lowest BCUT2D eigenvalue weighted by Crippen LogP contribution is -2.56. The zero-order valence-electron chi connectivity index (χ0n) is 13.9. The molecule has 1 saturated carbocycles. The highest BCUT2D eigenvalue weighted by Crippen LogP contribution is 2.51. The topological polar surface area (TPSA) is 16.4 Å². The smallest absolute Gasteiger partial charge is 0.137 e. The summed E-state index contributed by atoms with van der Waals surface area (Å²) in [5, 5.41) is 1.15. The number of piperidine rings is 2. The van der Waals surface area contributed by atoms with E-state index in [1.54, 1.807) is 6.07 Å². The Bertz CT molecular complexity index is 780. The highest BCUT2D eigenvalue weighted by atomic mass is 19.1. The minimum Gasteiger partial charge on any atom is -0.460 e. The first-order valence-electron chi connectivity index (χ1n) is 9.11. The molecule has 2 saturated heterocycles. The highest BCUT2D eigenvalue weighted by molar-refractivity contribution is 5.83. The second kappa shape index (κ2) is 4.83. The van der Waals surface area contributed by atoms with Crippen LogP contribution in [-0.4, -0.2) is 24.0 Å². The van der Waals surface area contributed by atoms with Gasteiger partial charge in [0.05, 0.1) is 0 Å². The minimum absolute atomic E-state index is 0.153. The number of nitrogens with zero attached hydrogens (tertiary/aromatic N) is 1. The average molecular weight is 313 g/mol. The molecule has 1 aliphatic carbocycles. The monoisotopic (exact) mass is 313 g/mol. The lowest BCUT2D eigenvalue weighted by molar-refractivity contribution is -0.0169. The third kappa shape index (κ3) is 1.89. The Morgan fingerprint density at radius 3 is 3.00 bits per heavy atom. The lowest BCUT2D eigenvalue weighted by Gasteiger charge is -2.52. The van der Waals surface area contributed by atoms with Crippen molar-refractivity contribution in [3.05, 3.63) is 34.8 Å². The Morgan fingerprint density at radius 2 is 2.17 bits per heavy atom. The second-order valence-electron chi connectivity index (χ2n) is 7.89. The molecule has 6 rings (SSSR count). The molecule has 0 spiro atoms. The molecule has 5 unspecified atom stereocenters. The van der Waals surface area contributed by atoms with Gasteiger partial charge in [-0.15, -0.1) is 0 Å². The van der Waals surface area contributed by atoms with Crippen molar-refractivity contribution in [2.75, 3.05) is 13.1 Å².